The largest absolute Gasteiger partial charge is 0.493 e. The van der Waals surface area contributed by atoms with E-state index in [0.29, 0.717) is 39.1 Å². The Labute approximate surface area is 237 Å². The first-order valence-corrected chi connectivity index (χ1v) is 12.4. The van der Waals surface area contributed by atoms with E-state index in [2.05, 4.69) is 15.8 Å². The Kier molecular flexibility index (Phi) is 9.73. The zero-order valence-electron chi connectivity index (χ0n) is 23.0. The molecule has 0 heterocycles. The predicted molar refractivity (Wildman–Crippen MR) is 152 cm³/mol. The summed E-state index contributed by atoms with van der Waals surface area (Å²) in [5.41, 5.74) is 3.26. The highest BCUT2D eigenvalue weighted by Crippen LogP contribution is 2.38. The maximum atomic E-state index is 13.0. The molecule has 0 saturated carbocycles. The number of carbonyl (C=O) groups is 3. The lowest BCUT2D eigenvalue weighted by Crippen LogP contribution is -2.27. The molecule has 0 aromatic heterocycles. The molecule has 0 atom stereocenters. The molecule has 0 saturated heterocycles. The molecule has 3 rings (SSSR count). The molecule has 40 heavy (non-hydrogen) atoms. The third-order valence-electron chi connectivity index (χ3n) is 5.53. The van der Waals surface area contributed by atoms with Gasteiger partial charge in [-0.1, -0.05) is 32.4 Å². The summed E-state index contributed by atoms with van der Waals surface area (Å²) in [4.78, 5) is 37.7. The molecule has 0 unspecified atom stereocenters. The first-order valence-electron chi connectivity index (χ1n) is 12.0. The summed E-state index contributed by atoms with van der Waals surface area (Å²) in [5.74, 6) is -0.251. The van der Waals surface area contributed by atoms with Gasteiger partial charge in [0, 0.05) is 27.3 Å². The van der Waals surface area contributed by atoms with Gasteiger partial charge in [0.2, 0.25) is 11.7 Å². The van der Waals surface area contributed by atoms with Crippen molar-refractivity contribution in [1.29, 1.82) is 0 Å². The summed E-state index contributed by atoms with van der Waals surface area (Å²) in [6.45, 7) is 5.42. The van der Waals surface area contributed by atoms with Crippen LogP contribution in [0, 0.1) is 5.41 Å². The molecule has 0 radical (unpaired) electrons. The van der Waals surface area contributed by atoms with Crippen LogP contribution in [0.5, 0.6) is 23.0 Å². The van der Waals surface area contributed by atoms with Crippen molar-refractivity contribution in [2.75, 3.05) is 26.6 Å². The molecule has 3 aromatic rings. The van der Waals surface area contributed by atoms with E-state index in [1.807, 2.05) is 20.8 Å². The Morgan fingerprint density at radius 1 is 0.825 bits per heavy atom. The van der Waals surface area contributed by atoms with Crippen LogP contribution in [0.1, 0.15) is 47.1 Å². The van der Waals surface area contributed by atoms with Gasteiger partial charge in [-0.15, -0.1) is 0 Å². The third kappa shape index (κ3) is 7.51. The first kappa shape index (κ1) is 30.0. The van der Waals surface area contributed by atoms with Crippen LogP contribution in [0.25, 0.3) is 0 Å². The minimum atomic E-state index is -0.695. The summed E-state index contributed by atoms with van der Waals surface area (Å²) in [6, 6.07) is 13.9. The van der Waals surface area contributed by atoms with Crippen molar-refractivity contribution < 1.29 is 33.3 Å². The van der Waals surface area contributed by atoms with Crippen LogP contribution in [0.15, 0.2) is 59.7 Å². The quantitative estimate of drug-likeness (QED) is 0.155. The lowest BCUT2D eigenvalue weighted by Gasteiger charge is -2.17. The highest BCUT2D eigenvalue weighted by atomic mass is 35.5. The van der Waals surface area contributed by atoms with E-state index >= 15 is 0 Å². The van der Waals surface area contributed by atoms with Gasteiger partial charge in [0.05, 0.1) is 33.1 Å². The van der Waals surface area contributed by atoms with Crippen molar-refractivity contribution in [3.05, 3.63) is 76.3 Å². The number of methoxy groups -OCH3 is 3. The van der Waals surface area contributed by atoms with Crippen LogP contribution in [0.3, 0.4) is 0 Å². The fourth-order valence-corrected chi connectivity index (χ4v) is 3.50. The van der Waals surface area contributed by atoms with Crippen LogP contribution in [0.4, 0.5) is 5.69 Å². The number of halogens is 1. The van der Waals surface area contributed by atoms with E-state index in [1.54, 1.807) is 30.3 Å². The van der Waals surface area contributed by atoms with Crippen LogP contribution < -0.4 is 29.7 Å². The van der Waals surface area contributed by atoms with Gasteiger partial charge in [-0.3, -0.25) is 9.59 Å². The molecular weight excluding hydrogens is 538 g/mol. The van der Waals surface area contributed by atoms with Gasteiger partial charge < -0.3 is 24.3 Å². The Hall–Kier alpha value is -4.57. The zero-order valence-corrected chi connectivity index (χ0v) is 23.7. The molecule has 0 bridgehead atoms. The molecule has 0 spiro atoms. The molecule has 10 nitrogen and oxygen atoms in total. The molecule has 0 aliphatic rings. The average molecular weight is 568 g/mol. The molecule has 0 fully saturated rings. The molecule has 210 valence electrons. The lowest BCUT2D eigenvalue weighted by molar-refractivity contribution is -0.123. The van der Waals surface area contributed by atoms with Crippen LogP contribution in [-0.4, -0.2) is 45.3 Å². The minimum absolute atomic E-state index is 0.141. The van der Waals surface area contributed by atoms with Crippen LogP contribution in [0.2, 0.25) is 5.02 Å². The van der Waals surface area contributed by atoms with E-state index in [0.717, 1.165) is 0 Å². The second-order valence-corrected chi connectivity index (χ2v) is 9.90. The summed E-state index contributed by atoms with van der Waals surface area (Å²) in [7, 11) is 4.33. The standard InChI is InChI=1S/C29H30ClN3O7/c1-29(2,3)28(36)32-21-10-7-17(8-11-21)26(34)33-31-16-19-13-20(30)9-12-22(19)40-27(35)18-14-23(37-4)25(39-6)24(15-18)38-5/h7-16H,1-6H3,(H,32,36)(H,33,34)/b31-16+. The second kappa shape index (κ2) is 13.0. The van der Waals surface area contributed by atoms with E-state index < -0.39 is 17.3 Å². The first-order chi connectivity index (χ1) is 19.0. The van der Waals surface area contributed by atoms with E-state index in [1.165, 1.54) is 51.8 Å². The Balaban J connectivity index is 1.73. The topological polar surface area (TPSA) is 125 Å². The third-order valence-corrected chi connectivity index (χ3v) is 5.77. The summed E-state index contributed by atoms with van der Waals surface area (Å²) in [5, 5.41) is 7.14. The van der Waals surface area contributed by atoms with E-state index in [-0.39, 0.29) is 17.2 Å². The average Bonchev–Trinajstić information content (AvgIpc) is 2.93. The van der Waals surface area contributed by atoms with Crippen molar-refractivity contribution in [3.8, 4) is 23.0 Å². The van der Waals surface area contributed by atoms with Crippen LogP contribution in [-0.2, 0) is 4.79 Å². The molecular formula is C29H30ClN3O7. The number of anilines is 1. The maximum Gasteiger partial charge on any atom is 0.343 e. The molecule has 3 aromatic carbocycles. The van der Waals surface area contributed by atoms with E-state index in [4.69, 9.17) is 30.5 Å². The zero-order chi connectivity index (χ0) is 29.4. The Bertz CT molecular complexity index is 1410. The minimum Gasteiger partial charge on any atom is -0.493 e. The molecule has 0 aliphatic carbocycles. The molecule has 11 heteroatoms. The second-order valence-electron chi connectivity index (χ2n) is 9.47. The number of hydrogen-bond donors (Lipinski definition) is 2. The summed E-state index contributed by atoms with van der Waals surface area (Å²) in [6.07, 6.45) is 1.31. The van der Waals surface area contributed by atoms with Gasteiger partial charge in [0.15, 0.2) is 11.5 Å². The predicted octanol–water partition coefficient (Wildman–Crippen LogP) is 5.33. The lowest BCUT2D eigenvalue weighted by atomic mass is 9.95. The fourth-order valence-electron chi connectivity index (χ4n) is 3.32. The Morgan fingerprint density at radius 2 is 1.45 bits per heavy atom. The van der Waals surface area contributed by atoms with Crippen molar-refractivity contribution in [3.63, 3.8) is 0 Å². The number of ether oxygens (including phenoxy) is 4. The van der Waals surface area contributed by atoms with Crippen molar-refractivity contribution in [2.45, 2.75) is 20.8 Å². The maximum absolute atomic E-state index is 13.0. The highest BCUT2D eigenvalue weighted by Gasteiger charge is 2.21. The number of hydrogen-bond acceptors (Lipinski definition) is 8. The number of nitrogens with zero attached hydrogens (tertiary/aromatic N) is 1. The molecule has 2 amide bonds. The highest BCUT2D eigenvalue weighted by molar-refractivity contribution is 6.31. The van der Waals surface area contributed by atoms with Crippen molar-refractivity contribution >= 4 is 41.3 Å². The molecule has 2 N–H and O–H groups in total. The number of esters is 1. The van der Waals surface area contributed by atoms with Gasteiger partial charge in [0.1, 0.15) is 5.75 Å². The van der Waals surface area contributed by atoms with Gasteiger partial charge in [-0.2, -0.15) is 5.10 Å². The van der Waals surface area contributed by atoms with E-state index in [9.17, 15) is 14.4 Å². The van der Waals surface area contributed by atoms with Crippen LogP contribution >= 0.6 is 11.6 Å². The number of hydrazone groups is 1. The Morgan fingerprint density at radius 3 is 2.00 bits per heavy atom. The molecule has 0 aliphatic heterocycles. The summed E-state index contributed by atoms with van der Waals surface area (Å²) >= 11 is 6.13. The fraction of sp³-hybridized carbons (Fsp3) is 0.241. The SMILES string of the molecule is COc1cc(C(=O)Oc2ccc(Cl)cc2/C=N/NC(=O)c2ccc(NC(=O)C(C)(C)C)cc2)cc(OC)c1OC. The normalized spacial score (nSPS) is 11.1. The van der Waals surface area contributed by atoms with Crippen molar-refractivity contribution in [2.24, 2.45) is 10.5 Å². The van der Waals surface area contributed by atoms with Crippen molar-refractivity contribution in [1.82, 2.24) is 5.43 Å². The van der Waals surface area contributed by atoms with Gasteiger partial charge in [-0.05, 0) is 54.6 Å². The number of amides is 2. The van der Waals surface area contributed by atoms with Gasteiger partial charge >= 0.3 is 5.97 Å². The number of nitrogens with one attached hydrogen (secondary N) is 2. The summed E-state index contributed by atoms with van der Waals surface area (Å²) < 4.78 is 21.5. The number of benzene rings is 3. The van der Waals surface area contributed by atoms with Gasteiger partial charge in [-0.25, -0.2) is 10.2 Å². The monoisotopic (exact) mass is 567 g/mol. The smallest absolute Gasteiger partial charge is 0.343 e. The number of rotatable bonds is 9. The van der Waals surface area contributed by atoms with Gasteiger partial charge in [0.25, 0.3) is 5.91 Å². The number of carbonyl (C=O) groups excluding carboxylic acids is 3.